The van der Waals surface area contributed by atoms with E-state index in [0.29, 0.717) is 6.04 Å². The van der Waals surface area contributed by atoms with Gasteiger partial charge >= 0.3 is 0 Å². The van der Waals surface area contributed by atoms with Crippen molar-refractivity contribution in [1.82, 2.24) is 0 Å². The van der Waals surface area contributed by atoms with Gasteiger partial charge in [0.05, 0.1) is 17.2 Å². The van der Waals surface area contributed by atoms with Crippen molar-refractivity contribution in [2.75, 3.05) is 19.0 Å². The van der Waals surface area contributed by atoms with E-state index in [9.17, 15) is 0 Å². The Kier molecular flexibility index (Phi) is 4.15. The van der Waals surface area contributed by atoms with Crippen LogP contribution in [0.5, 0.6) is 0 Å². The SMILES string of the molecule is CN1c2c(ccc3ccccc23)C(C)(C)C1CC1=[N+](C)c2c(ccc3ccccc23)C1(C)C. The van der Waals surface area contributed by atoms with Crippen LogP contribution < -0.4 is 4.90 Å². The Bertz CT molecular complexity index is 1470. The number of hydrogen-bond donors (Lipinski definition) is 0. The lowest BCUT2D eigenvalue weighted by molar-refractivity contribution is -0.402. The lowest BCUT2D eigenvalue weighted by Crippen LogP contribution is -2.44. The van der Waals surface area contributed by atoms with Crippen molar-refractivity contribution >= 4 is 38.6 Å². The number of nitrogens with zero attached hydrogens (tertiary/aromatic N) is 2. The molecule has 33 heavy (non-hydrogen) atoms. The number of benzene rings is 4. The van der Waals surface area contributed by atoms with Crippen molar-refractivity contribution in [2.24, 2.45) is 0 Å². The van der Waals surface area contributed by atoms with Gasteiger partial charge in [-0.25, -0.2) is 4.58 Å². The second-order valence-electron chi connectivity index (χ2n) is 11.0. The Morgan fingerprint density at radius 2 is 1.33 bits per heavy atom. The molecular formula is C31H33N2+. The summed E-state index contributed by atoms with van der Waals surface area (Å²) in [5.74, 6) is 0. The molecule has 0 saturated heterocycles. The van der Waals surface area contributed by atoms with E-state index < -0.39 is 0 Å². The molecule has 166 valence electrons. The van der Waals surface area contributed by atoms with E-state index >= 15 is 0 Å². The molecule has 1 unspecified atom stereocenters. The average Bonchev–Trinajstić information content (AvgIpc) is 3.13. The molecule has 0 bridgehead atoms. The smallest absolute Gasteiger partial charge is 0.217 e. The maximum Gasteiger partial charge on any atom is 0.217 e. The normalized spacial score (nSPS) is 20.5. The minimum Gasteiger partial charge on any atom is -0.369 e. The molecule has 0 N–H and O–H groups in total. The summed E-state index contributed by atoms with van der Waals surface area (Å²) in [6, 6.07) is 27.3. The van der Waals surface area contributed by atoms with E-state index in [0.717, 1.165) is 6.42 Å². The zero-order chi connectivity index (χ0) is 23.1. The zero-order valence-electron chi connectivity index (χ0n) is 20.6. The molecule has 0 fully saturated rings. The Labute approximate surface area is 197 Å². The third kappa shape index (κ3) is 2.64. The van der Waals surface area contributed by atoms with Crippen LogP contribution in [0.25, 0.3) is 21.5 Å². The van der Waals surface area contributed by atoms with Crippen molar-refractivity contribution in [1.29, 1.82) is 0 Å². The van der Waals surface area contributed by atoms with Crippen LogP contribution in [-0.4, -0.2) is 30.4 Å². The molecule has 6 rings (SSSR count). The van der Waals surface area contributed by atoms with Gasteiger partial charge in [-0.2, -0.15) is 0 Å². The van der Waals surface area contributed by atoms with E-state index in [-0.39, 0.29) is 10.8 Å². The fourth-order valence-corrected chi connectivity index (χ4v) is 6.77. The van der Waals surface area contributed by atoms with Crippen LogP contribution in [0.1, 0.15) is 45.2 Å². The van der Waals surface area contributed by atoms with Crippen molar-refractivity contribution in [2.45, 2.75) is 51.0 Å². The summed E-state index contributed by atoms with van der Waals surface area (Å²) in [7, 11) is 4.58. The van der Waals surface area contributed by atoms with Crippen molar-refractivity contribution in [3.63, 3.8) is 0 Å². The van der Waals surface area contributed by atoms with Gasteiger partial charge in [-0.3, -0.25) is 0 Å². The third-order valence-corrected chi connectivity index (χ3v) is 8.67. The number of hydrogen-bond acceptors (Lipinski definition) is 1. The lowest BCUT2D eigenvalue weighted by Gasteiger charge is -2.33. The summed E-state index contributed by atoms with van der Waals surface area (Å²) in [6.45, 7) is 9.67. The Balaban J connectivity index is 1.49. The molecule has 0 spiro atoms. The summed E-state index contributed by atoms with van der Waals surface area (Å²) in [6.07, 6.45) is 1.04. The van der Waals surface area contributed by atoms with Gasteiger partial charge in [0.25, 0.3) is 0 Å². The molecule has 2 nitrogen and oxygen atoms in total. The summed E-state index contributed by atoms with van der Waals surface area (Å²) in [5.41, 5.74) is 7.28. The highest BCUT2D eigenvalue weighted by molar-refractivity contribution is 6.04. The Morgan fingerprint density at radius 1 is 0.758 bits per heavy atom. The first kappa shape index (κ1) is 20.5. The Hall–Kier alpha value is -3.13. The highest BCUT2D eigenvalue weighted by Gasteiger charge is 2.51. The largest absolute Gasteiger partial charge is 0.369 e. The van der Waals surface area contributed by atoms with Crippen molar-refractivity contribution < 1.29 is 4.58 Å². The summed E-state index contributed by atoms with van der Waals surface area (Å²) < 4.78 is 2.50. The molecule has 2 heterocycles. The first-order valence-electron chi connectivity index (χ1n) is 12.1. The predicted molar refractivity (Wildman–Crippen MR) is 142 cm³/mol. The van der Waals surface area contributed by atoms with Crippen LogP contribution in [0.15, 0.2) is 72.8 Å². The van der Waals surface area contributed by atoms with Crippen LogP contribution in [0, 0.1) is 0 Å². The monoisotopic (exact) mass is 433 g/mol. The van der Waals surface area contributed by atoms with E-state index in [1.165, 1.54) is 49.8 Å². The van der Waals surface area contributed by atoms with Gasteiger partial charge < -0.3 is 4.90 Å². The van der Waals surface area contributed by atoms with Gasteiger partial charge in [0.15, 0.2) is 5.71 Å². The minimum atomic E-state index is 0.00186. The van der Waals surface area contributed by atoms with E-state index in [4.69, 9.17) is 0 Å². The summed E-state index contributed by atoms with van der Waals surface area (Å²) >= 11 is 0. The quantitative estimate of drug-likeness (QED) is 0.303. The van der Waals surface area contributed by atoms with Crippen LogP contribution in [0.4, 0.5) is 11.4 Å². The molecule has 4 aromatic rings. The van der Waals surface area contributed by atoms with Crippen molar-refractivity contribution in [3.8, 4) is 0 Å². The maximum atomic E-state index is 2.57. The average molecular weight is 434 g/mol. The molecule has 0 radical (unpaired) electrons. The number of likely N-dealkylation sites (N-methyl/N-ethyl adjacent to an activating group) is 1. The van der Waals surface area contributed by atoms with Gasteiger partial charge in [0.2, 0.25) is 5.69 Å². The van der Waals surface area contributed by atoms with E-state index in [1.807, 2.05) is 0 Å². The molecule has 1 atom stereocenters. The molecule has 2 aliphatic heterocycles. The second-order valence-corrected chi connectivity index (χ2v) is 11.0. The summed E-state index contributed by atoms with van der Waals surface area (Å²) in [5, 5.41) is 5.36. The molecule has 0 amide bonds. The minimum absolute atomic E-state index is 0.00186. The standard InChI is InChI=1S/C31H33N2/c1-30(2)24-17-15-20-11-7-9-13-22(20)28(24)32(5)26(30)19-27-31(3,4)25-18-16-21-12-8-10-14-23(21)29(25)33(27)6/h7-18,26H,19H2,1-6H3/q+1. The zero-order valence-corrected chi connectivity index (χ0v) is 20.6. The first-order chi connectivity index (χ1) is 15.7. The van der Waals surface area contributed by atoms with E-state index in [1.54, 1.807) is 0 Å². The molecule has 0 saturated carbocycles. The molecular weight excluding hydrogens is 400 g/mol. The first-order valence-corrected chi connectivity index (χ1v) is 12.1. The van der Waals surface area contributed by atoms with Gasteiger partial charge in [-0.1, -0.05) is 80.6 Å². The highest BCUT2D eigenvalue weighted by Crippen LogP contribution is 2.51. The van der Waals surface area contributed by atoms with Gasteiger partial charge in [-0.15, -0.1) is 0 Å². The number of fused-ring (bicyclic) bond motifs is 6. The number of anilines is 1. The summed E-state index contributed by atoms with van der Waals surface area (Å²) in [4.78, 5) is 2.57. The van der Waals surface area contributed by atoms with Crippen LogP contribution in [0.2, 0.25) is 0 Å². The van der Waals surface area contributed by atoms with E-state index in [2.05, 4.69) is 124 Å². The Morgan fingerprint density at radius 3 is 2.03 bits per heavy atom. The highest BCUT2D eigenvalue weighted by atomic mass is 15.2. The molecule has 0 aromatic heterocycles. The van der Waals surface area contributed by atoms with Gasteiger partial charge in [-0.05, 0) is 36.2 Å². The third-order valence-electron chi connectivity index (χ3n) is 8.67. The fraction of sp³-hybridized carbons (Fsp3) is 0.323. The second kappa shape index (κ2) is 6.70. The topological polar surface area (TPSA) is 6.25 Å². The molecule has 2 heteroatoms. The maximum absolute atomic E-state index is 2.57. The van der Waals surface area contributed by atoms with Crippen LogP contribution in [-0.2, 0) is 10.8 Å². The predicted octanol–water partition coefficient (Wildman–Crippen LogP) is 7.19. The van der Waals surface area contributed by atoms with Crippen LogP contribution >= 0.6 is 0 Å². The van der Waals surface area contributed by atoms with Crippen LogP contribution in [0.3, 0.4) is 0 Å². The van der Waals surface area contributed by atoms with Gasteiger partial charge in [0.1, 0.15) is 7.05 Å². The van der Waals surface area contributed by atoms with Crippen molar-refractivity contribution in [3.05, 3.63) is 83.9 Å². The molecule has 2 aliphatic rings. The lowest BCUT2D eigenvalue weighted by atomic mass is 9.73. The fourth-order valence-electron chi connectivity index (χ4n) is 6.77. The van der Waals surface area contributed by atoms with Gasteiger partial charge in [0, 0.05) is 35.1 Å². The number of rotatable bonds is 2. The molecule has 0 aliphatic carbocycles. The molecule has 4 aromatic carbocycles.